The first-order valence-electron chi connectivity index (χ1n) is 20.7. The molecule has 12 aromatic rings. The zero-order valence-corrected chi connectivity index (χ0v) is 33.1. The molecule has 2 heterocycles. The SMILES string of the molecule is c1ccc(-c2ccc(-c3ccc(N(c4ccccc4-c4ccc5c(c4)oc4ccccc45)c4cccc5oc6c7ccccc7ccc6c45)cc3)cc2-c2ccccc2)cc1. The van der Waals surface area contributed by atoms with Crippen LogP contribution in [-0.4, -0.2) is 0 Å². The predicted molar refractivity (Wildman–Crippen MR) is 255 cm³/mol. The minimum absolute atomic E-state index is 0.846. The van der Waals surface area contributed by atoms with E-state index in [-0.39, 0.29) is 0 Å². The number of fused-ring (bicyclic) bond motifs is 8. The van der Waals surface area contributed by atoms with E-state index in [1.165, 1.54) is 22.3 Å². The van der Waals surface area contributed by atoms with Gasteiger partial charge in [0.15, 0.2) is 0 Å². The fourth-order valence-corrected chi connectivity index (χ4v) is 9.19. The summed E-state index contributed by atoms with van der Waals surface area (Å²) in [6.45, 7) is 0. The summed E-state index contributed by atoms with van der Waals surface area (Å²) >= 11 is 0. The Morgan fingerprint density at radius 3 is 1.75 bits per heavy atom. The molecule has 0 aliphatic heterocycles. The maximum atomic E-state index is 6.75. The van der Waals surface area contributed by atoms with E-state index >= 15 is 0 Å². The second-order valence-electron chi connectivity index (χ2n) is 15.6. The van der Waals surface area contributed by atoms with Crippen LogP contribution in [-0.2, 0) is 0 Å². The molecule has 286 valence electrons. The number of para-hydroxylation sites is 2. The van der Waals surface area contributed by atoms with Gasteiger partial charge in [0, 0.05) is 32.8 Å². The lowest BCUT2D eigenvalue weighted by molar-refractivity contribution is 0.669. The molecule has 10 aromatic carbocycles. The van der Waals surface area contributed by atoms with Crippen molar-refractivity contribution >= 4 is 71.7 Å². The second kappa shape index (κ2) is 14.3. The predicted octanol–water partition coefficient (Wildman–Crippen LogP) is 16.8. The Morgan fingerprint density at radius 1 is 0.295 bits per heavy atom. The summed E-state index contributed by atoms with van der Waals surface area (Å²) in [7, 11) is 0. The van der Waals surface area contributed by atoms with E-state index in [1.54, 1.807) is 0 Å². The zero-order valence-electron chi connectivity index (χ0n) is 33.1. The van der Waals surface area contributed by atoms with Crippen LogP contribution < -0.4 is 4.90 Å². The molecular weight excluding hydrogens is 743 g/mol. The monoisotopic (exact) mass is 779 g/mol. The van der Waals surface area contributed by atoms with Gasteiger partial charge in [-0.3, -0.25) is 0 Å². The molecule has 0 spiro atoms. The number of benzene rings is 10. The van der Waals surface area contributed by atoms with Crippen molar-refractivity contribution in [3.8, 4) is 44.5 Å². The molecule has 12 rings (SSSR count). The molecular formula is C58H37NO2. The van der Waals surface area contributed by atoms with Crippen LogP contribution in [0.5, 0.6) is 0 Å². The number of furan rings is 2. The molecule has 3 nitrogen and oxygen atoms in total. The third-order valence-electron chi connectivity index (χ3n) is 12.1. The largest absolute Gasteiger partial charge is 0.456 e. The molecule has 0 aliphatic carbocycles. The van der Waals surface area contributed by atoms with E-state index in [9.17, 15) is 0 Å². The van der Waals surface area contributed by atoms with E-state index in [0.717, 1.165) is 94.0 Å². The van der Waals surface area contributed by atoms with Gasteiger partial charge in [-0.1, -0.05) is 164 Å². The molecule has 0 bridgehead atoms. The molecule has 0 radical (unpaired) electrons. The molecule has 0 atom stereocenters. The van der Waals surface area contributed by atoms with Crippen LogP contribution in [0.3, 0.4) is 0 Å². The quantitative estimate of drug-likeness (QED) is 0.161. The van der Waals surface area contributed by atoms with Crippen LogP contribution in [0.25, 0.3) is 99.2 Å². The molecule has 0 N–H and O–H groups in total. The van der Waals surface area contributed by atoms with Crippen LogP contribution >= 0.6 is 0 Å². The maximum absolute atomic E-state index is 6.75. The van der Waals surface area contributed by atoms with Gasteiger partial charge >= 0.3 is 0 Å². The molecule has 0 aliphatic rings. The summed E-state index contributed by atoms with van der Waals surface area (Å²) in [5.41, 5.74) is 15.9. The number of rotatable bonds is 7. The topological polar surface area (TPSA) is 29.5 Å². The Labute approximate surface area is 353 Å². The summed E-state index contributed by atoms with van der Waals surface area (Å²) in [6.07, 6.45) is 0. The average molecular weight is 780 g/mol. The summed E-state index contributed by atoms with van der Waals surface area (Å²) in [5.74, 6) is 0. The summed E-state index contributed by atoms with van der Waals surface area (Å²) in [6, 6.07) is 79.9. The number of hydrogen-bond acceptors (Lipinski definition) is 3. The van der Waals surface area contributed by atoms with Crippen molar-refractivity contribution in [2.75, 3.05) is 4.90 Å². The highest BCUT2D eigenvalue weighted by atomic mass is 16.3. The van der Waals surface area contributed by atoms with Crippen LogP contribution in [0.1, 0.15) is 0 Å². The molecule has 0 saturated heterocycles. The van der Waals surface area contributed by atoms with Gasteiger partial charge in [0.1, 0.15) is 22.3 Å². The highest BCUT2D eigenvalue weighted by molar-refractivity contribution is 6.20. The zero-order chi connectivity index (χ0) is 40.3. The lowest BCUT2D eigenvalue weighted by Crippen LogP contribution is -2.11. The van der Waals surface area contributed by atoms with Crippen molar-refractivity contribution in [3.05, 3.63) is 224 Å². The lowest BCUT2D eigenvalue weighted by atomic mass is 9.91. The molecule has 2 aromatic heterocycles. The van der Waals surface area contributed by atoms with Crippen LogP contribution in [0.15, 0.2) is 233 Å². The Balaban J connectivity index is 1.04. The van der Waals surface area contributed by atoms with Gasteiger partial charge in [-0.25, -0.2) is 0 Å². The Morgan fingerprint density at radius 2 is 0.918 bits per heavy atom. The standard InChI is InChI=1S/C58H37NO2/c1-3-14-39(15-4-1)45-33-29-42(36-51(45)40-16-5-2-6-17-40)38-26-31-44(32-27-38)59(53-23-13-25-55-57(53)50-35-28-41-18-7-8-20-47(41)58(50)61-55)52-22-11-9-19-46(52)43-30-34-49-48-21-10-12-24-54(48)60-56(49)37-43/h1-37H. The van der Waals surface area contributed by atoms with Gasteiger partial charge in [0.2, 0.25) is 0 Å². The summed E-state index contributed by atoms with van der Waals surface area (Å²) in [4.78, 5) is 2.39. The molecule has 0 unspecified atom stereocenters. The lowest BCUT2D eigenvalue weighted by Gasteiger charge is -2.28. The fourth-order valence-electron chi connectivity index (χ4n) is 9.19. The number of hydrogen-bond donors (Lipinski definition) is 0. The van der Waals surface area contributed by atoms with E-state index in [1.807, 2.05) is 12.1 Å². The van der Waals surface area contributed by atoms with Gasteiger partial charge in [-0.2, -0.15) is 0 Å². The molecule has 0 saturated carbocycles. The smallest absolute Gasteiger partial charge is 0.143 e. The first kappa shape index (κ1) is 34.9. The first-order chi connectivity index (χ1) is 30.2. The first-order valence-corrected chi connectivity index (χ1v) is 20.7. The molecule has 61 heavy (non-hydrogen) atoms. The summed E-state index contributed by atoms with van der Waals surface area (Å²) < 4.78 is 13.2. The molecule has 0 fully saturated rings. The minimum atomic E-state index is 0.846. The van der Waals surface area contributed by atoms with Gasteiger partial charge in [0.05, 0.1) is 16.8 Å². The number of nitrogens with zero attached hydrogens (tertiary/aromatic N) is 1. The van der Waals surface area contributed by atoms with Crippen molar-refractivity contribution in [1.29, 1.82) is 0 Å². The van der Waals surface area contributed by atoms with Crippen molar-refractivity contribution in [1.82, 2.24) is 0 Å². The second-order valence-corrected chi connectivity index (χ2v) is 15.6. The van der Waals surface area contributed by atoms with Gasteiger partial charge in [0.25, 0.3) is 0 Å². The van der Waals surface area contributed by atoms with Crippen LogP contribution in [0, 0.1) is 0 Å². The van der Waals surface area contributed by atoms with Crippen molar-refractivity contribution in [2.45, 2.75) is 0 Å². The Bertz CT molecular complexity index is 3580. The van der Waals surface area contributed by atoms with E-state index in [4.69, 9.17) is 8.83 Å². The van der Waals surface area contributed by atoms with Gasteiger partial charge in [-0.15, -0.1) is 0 Å². The normalized spacial score (nSPS) is 11.6. The number of anilines is 3. The maximum Gasteiger partial charge on any atom is 0.143 e. The third kappa shape index (κ3) is 5.90. The third-order valence-corrected chi connectivity index (χ3v) is 12.1. The Hall–Kier alpha value is -8.14. The molecule has 3 heteroatoms. The van der Waals surface area contributed by atoms with Crippen LogP contribution in [0.4, 0.5) is 17.1 Å². The van der Waals surface area contributed by atoms with Crippen molar-refractivity contribution < 1.29 is 8.83 Å². The average Bonchev–Trinajstić information content (AvgIpc) is 3.91. The fraction of sp³-hybridized carbons (Fsp3) is 0. The van der Waals surface area contributed by atoms with Gasteiger partial charge in [-0.05, 0) is 105 Å². The van der Waals surface area contributed by atoms with Crippen LogP contribution in [0.2, 0.25) is 0 Å². The summed E-state index contributed by atoms with van der Waals surface area (Å²) in [5, 5.41) is 6.64. The highest BCUT2D eigenvalue weighted by Crippen LogP contribution is 2.48. The van der Waals surface area contributed by atoms with Crippen molar-refractivity contribution in [2.24, 2.45) is 0 Å². The highest BCUT2D eigenvalue weighted by Gasteiger charge is 2.23. The minimum Gasteiger partial charge on any atom is -0.456 e. The van der Waals surface area contributed by atoms with Crippen molar-refractivity contribution in [3.63, 3.8) is 0 Å². The van der Waals surface area contributed by atoms with E-state index < -0.39 is 0 Å². The Kier molecular flexibility index (Phi) is 8.17. The van der Waals surface area contributed by atoms with E-state index in [2.05, 4.69) is 217 Å². The molecule has 0 amide bonds. The van der Waals surface area contributed by atoms with E-state index in [0.29, 0.717) is 0 Å². The van der Waals surface area contributed by atoms with Gasteiger partial charge < -0.3 is 13.7 Å².